The van der Waals surface area contributed by atoms with Crippen LogP contribution < -0.4 is 9.46 Å². The molecular formula is C19H21NO4S. The molecule has 0 amide bonds. The van der Waals surface area contributed by atoms with Crippen LogP contribution in [0.1, 0.15) is 17.7 Å². The van der Waals surface area contributed by atoms with Gasteiger partial charge in [0.1, 0.15) is 17.1 Å². The fourth-order valence-corrected chi connectivity index (χ4v) is 3.89. The standard InChI is InChI=1S/C19H21NO4S/c1-14-12-17(9-10-18(14)23-2)25(21,22)20-11-5-7-16-13-15-6-3-4-8-19(15)24-16/h3-4,6,8-10,12-13,20H,5,7,11H2,1-2H3. The summed E-state index contributed by atoms with van der Waals surface area (Å²) in [6.07, 6.45) is 1.34. The maximum absolute atomic E-state index is 12.4. The third-order valence-corrected chi connectivity index (χ3v) is 5.50. The number of aryl methyl sites for hydroxylation is 2. The third kappa shape index (κ3) is 4.03. The van der Waals surface area contributed by atoms with Crippen LogP contribution in [0.5, 0.6) is 5.75 Å². The van der Waals surface area contributed by atoms with Gasteiger partial charge in [-0.1, -0.05) is 18.2 Å². The molecular weight excluding hydrogens is 338 g/mol. The maximum Gasteiger partial charge on any atom is 0.240 e. The highest BCUT2D eigenvalue weighted by Crippen LogP contribution is 2.22. The van der Waals surface area contributed by atoms with Crippen LogP contribution in [0.3, 0.4) is 0 Å². The van der Waals surface area contributed by atoms with Crippen molar-refractivity contribution in [2.75, 3.05) is 13.7 Å². The Hall–Kier alpha value is -2.31. The molecule has 5 nitrogen and oxygen atoms in total. The molecule has 0 aliphatic rings. The van der Waals surface area contributed by atoms with Gasteiger partial charge in [-0.2, -0.15) is 0 Å². The van der Waals surface area contributed by atoms with Gasteiger partial charge in [-0.15, -0.1) is 0 Å². The molecule has 0 fully saturated rings. The Bertz CT molecular complexity index is 943. The van der Waals surface area contributed by atoms with Gasteiger partial charge in [-0.25, -0.2) is 13.1 Å². The highest BCUT2D eigenvalue weighted by Gasteiger charge is 2.15. The predicted octanol–water partition coefficient (Wildman–Crippen LogP) is 3.66. The summed E-state index contributed by atoms with van der Waals surface area (Å²) in [6.45, 7) is 2.17. The van der Waals surface area contributed by atoms with Crippen molar-refractivity contribution >= 4 is 21.0 Å². The lowest BCUT2D eigenvalue weighted by atomic mass is 10.2. The van der Waals surface area contributed by atoms with Crippen molar-refractivity contribution in [1.29, 1.82) is 0 Å². The minimum absolute atomic E-state index is 0.245. The Labute approximate surface area is 147 Å². The molecule has 1 aromatic heterocycles. The molecule has 25 heavy (non-hydrogen) atoms. The lowest BCUT2D eigenvalue weighted by Gasteiger charge is -2.09. The van der Waals surface area contributed by atoms with Crippen LogP contribution in [0.2, 0.25) is 0 Å². The monoisotopic (exact) mass is 359 g/mol. The Morgan fingerprint density at radius 2 is 1.92 bits per heavy atom. The summed E-state index contributed by atoms with van der Waals surface area (Å²) in [4.78, 5) is 0.245. The van der Waals surface area contributed by atoms with Crippen molar-refractivity contribution in [2.45, 2.75) is 24.7 Å². The van der Waals surface area contributed by atoms with Crippen LogP contribution in [-0.4, -0.2) is 22.1 Å². The van der Waals surface area contributed by atoms with Crippen LogP contribution >= 0.6 is 0 Å². The van der Waals surface area contributed by atoms with E-state index in [2.05, 4.69) is 4.72 Å². The number of ether oxygens (including phenoxy) is 1. The highest BCUT2D eigenvalue weighted by molar-refractivity contribution is 7.89. The number of furan rings is 1. The lowest BCUT2D eigenvalue weighted by molar-refractivity contribution is 0.411. The van der Waals surface area contributed by atoms with Crippen molar-refractivity contribution in [3.05, 3.63) is 59.9 Å². The summed E-state index contributed by atoms with van der Waals surface area (Å²) >= 11 is 0. The molecule has 0 spiro atoms. The Morgan fingerprint density at radius 3 is 2.64 bits per heavy atom. The number of nitrogens with one attached hydrogen (secondary N) is 1. The van der Waals surface area contributed by atoms with E-state index < -0.39 is 10.0 Å². The topological polar surface area (TPSA) is 68.5 Å². The first-order valence-corrected chi connectivity index (χ1v) is 9.60. The van der Waals surface area contributed by atoms with Crippen LogP contribution in [0.15, 0.2) is 57.8 Å². The second kappa shape index (κ2) is 7.29. The van der Waals surface area contributed by atoms with E-state index in [0.29, 0.717) is 25.1 Å². The Morgan fingerprint density at radius 1 is 1.12 bits per heavy atom. The van der Waals surface area contributed by atoms with E-state index in [1.807, 2.05) is 37.3 Å². The van der Waals surface area contributed by atoms with Crippen LogP contribution in [0.4, 0.5) is 0 Å². The zero-order chi connectivity index (χ0) is 17.9. The molecule has 0 unspecified atom stereocenters. The first kappa shape index (κ1) is 17.5. The molecule has 0 atom stereocenters. The molecule has 3 rings (SSSR count). The summed E-state index contributed by atoms with van der Waals surface area (Å²) in [5.41, 5.74) is 1.64. The van der Waals surface area contributed by atoms with Crippen LogP contribution in [-0.2, 0) is 16.4 Å². The summed E-state index contributed by atoms with van der Waals surface area (Å²) in [5.74, 6) is 1.53. The van der Waals surface area contributed by atoms with Gasteiger partial charge in [0.25, 0.3) is 0 Å². The van der Waals surface area contributed by atoms with E-state index in [-0.39, 0.29) is 4.90 Å². The van der Waals surface area contributed by atoms with E-state index in [1.165, 1.54) is 0 Å². The van der Waals surface area contributed by atoms with Crippen molar-refractivity contribution in [2.24, 2.45) is 0 Å². The number of benzene rings is 2. The molecule has 132 valence electrons. The SMILES string of the molecule is COc1ccc(S(=O)(=O)NCCCc2cc3ccccc3o2)cc1C. The molecule has 1 N–H and O–H groups in total. The molecule has 0 saturated carbocycles. The summed E-state index contributed by atoms with van der Waals surface area (Å²) in [7, 11) is -1.96. The molecule has 3 aromatic rings. The van der Waals surface area contributed by atoms with Gasteiger partial charge in [-0.3, -0.25) is 0 Å². The van der Waals surface area contributed by atoms with Gasteiger partial charge in [0, 0.05) is 18.4 Å². The first-order chi connectivity index (χ1) is 12.0. The molecule has 1 heterocycles. The lowest BCUT2D eigenvalue weighted by Crippen LogP contribution is -2.25. The number of fused-ring (bicyclic) bond motifs is 1. The maximum atomic E-state index is 12.4. The average Bonchev–Trinajstić information content (AvgIpc) is 3.01. The number of methoxy groups -OCH3 is 1. The normalized spacial score (nSPS) is 11.8. The summed E-state index contributed by atoms with van der Waals surface area (Å²) in [6, 6.07) is 14.6. The van der Waals surface area contributed by atoms with E-state index >= 15 is 0 Å². The van der Waals surface area contributed by atoms with E-state index in [1.54, 1.807) is 25.3 Å². The van der Waals surface area contributed by atoms with Gasteiger partial charge < -0.3 is 9.15 Å². The zero-order valence-corrected chi connectivity index (χ0v) is 15.1. The van der Waals surface area contributed by atoms with Crippen molar-refractivity contribution in [3.8, 4) is 5.75 Å². The van der Waals surface area contributed by atoms with E-state index in [9.17, 15) is 8.42 Å². The average molecular weight is 359 g/mol. The Kier molecular flexibility index (Phi) is 5.11. The largest absolute Gasteiger partial charge is 0.496 e. The zero-order valence-electron chi connectivity index (χ0n) is 14.3. The summed E-state index contributed by atoms with van der Waals surface area (Å²) in [5, 5.41) is 1.06. The molecule has 0 bridgehead atoms. The molecule has 0 aliphatic carbocycles. The van der Waals surface area contributed by atoms with Gasteiger partial charge >= 0.3 is 0 Å². The van der Waals surface area contributed by atoms with Crippen molar-refractivity contribution in [3.63, 3.8) is 0 Å². The van der Waals surface area contributed by atoms with Gasteiger partial charge in [-0.05, 0) is 49.2 Å². The highest BCUT2D eigenvalue weighted by atomic mass is 32.2. The quantitative estimate of drug-likeness (QED) is 0.654. The predicted molar refractivity (Wildman–Crippen MR) is 97.5 cm³/mol. The number of hydrogen-bond donors (Lipinski definition) is 1. The van der Waals surface area contributed by atoms with Gasteiger partial charge in [0.15, 0.2) is 0 Å². The van der Waals surface area contributed by atoms with E-state index in [0.717, 1.165) is 22.3 Å². The van der Waals surface area contributed by atoms with Crippen molar-refractivity contribution in [1.82, 2.24) is 4.72 Å². The van der Waals surface area contributed by atoms with Crippen LogP contribution in [0.25, 0.3) is 11.0 Å². The fourth-order valence-electron chi connectivity index (χ4n) is 2.73. The number of hydrogen-bond acceptors (Lipinski definition) is 4. The molecule has 0 radical (unpaired) electrons. The first-order valence-electron chi connectivity index (χ1n) is 8.11. The number of para-hydroxylation sites is 1. The second-order valence-corrected chi connectivity index (χ2v) is 7.65. The second-order valence-electron chi connectivity index (χ2n) is 5.88. The third-order valence-electron chi connectivity index (χ3n) is 4.05. The van der Waals surface area contributed by atoms with E-state index in [4.69, 9.17) is 9.15 Å². The van der Waals surface area contributed by atoms with Crippen molar-refractivity contribution < 1.29 is 17.6 Å². The van der Waals surface area contributed by atoms with Gasteiger partial charge in [0.2, 0.25) is 10.0 Å². The molecule has 6 heteroatoms. The Balaban J connectivity index is 1.58. The van der Waals surface area contributed by atoms with Crippen LogP contribution in [0, 0.1) is 6.92 Å². The smallest absolute Gasteiger partial charge is 0.240 e. The number of rotatable bonds is 7. The number of sulfonamides is 1. The van der Waals surface area contributed by atoms with Gasteiger partial charge in [0.05, 0.1) is 12.0 Å². The summed E-state index contributed by atoms with van der Waals surface area (Å²) < 4.78 is 38.2. The minimum Gasteiger partial charge on any atom is -0.496 e. The fraction of sp³-hybridized carbons (Fsp3) is 0.263. The molecule has 0 aliphatic heterocycles. The molecule has 0 saturated heterocycles. The molecule has 2 aromatic carbocycles. The minimum atomic E-state index is -3.52.